The van der Waals surface area contributed by atoms with Gasteiger partial charge in [-0.3, -0.25) is 9.59 Å². The van der Waals surface area contributed by atoms with E-state index >= 15 is 0 Å². The molecule has 1 heterocycles. The van der Waals surface area contributed by atoms with Crippen molar-refractivity contribution in [3.63, 3.8) is 0 Å². The average molecular weight is 298 g/mol. The fraction of sp³-hybridized carbons (Fsp3) is 0.333. The van der Waals surface area contributed by atoms with Crippen LogP contribution in [0.5, 0.6) is 0 Å². The van der Waals surface area contributed by atoms with E-state index in [2.05, 4.69) is 55.3 Å². The van der Waals surface area contributed by atoms with Crippen LogP contribution >= 0.6 is 0 Å². The summed E-state index contributed by atoms with van der Waals surface area (Å²) in [5, 5.41) is 2.85. The Labute approximate surface area is 130 Å². The van der Waals surface area contributed by atoms with E-state index in [1.54, 1.807) is 0 Å². The lowest BCUT2D eigenvalue weighted by atomic mass is 9.86. The van der Waals surface area contributed by atoms with Gasteiger partial charge in [-0.2, -0.15) is 0 Å². The monoisotopic (exact) mass is 298 g/mol. The molecule has 1 aromatic carbocycles. The van der Waals surface area contributed by atoms with Gasteiger partial charge in [0.15, 0.2) is 0 Å². The lowest BCUT2D eigenvalue weighted by molar-refractivity contribution is 0.0953. The number of rotatable bonds is 4. The Hall–Kier alpha value is -2.36. The van der Waals surface area contributed by atoms with Crippen molar-refractivity contribution in [1.29, 1.82) is 0 Å². The van der Waals surface area contributed by atoms with E-state index in [-0.39, 0.29) is 16.9 Å². The third-order valence-electron chi connectivity index (χ3n) is 3.57. The number of nitrogens with one attached hydrogen (secondary N) is 2. The normalized spacial score (nSPS) is 11.2. The molecular weight excluding hydrogens is 276 g/mol. The van der Waals surface area contributed by atoms with E-state index in [4.69, 9.17) is 0 Å². The van der Waals surface area contributed by atoms with E-state index in [1.807, 2.05) is 0 Å². The first-order chi connectivity index (χ1) is 10.4. The maximum Gasteiger partial charge on any atom is 0.252 e. The Morgan fingerprint density at radius 1 is 1.09 bits per heavy atom. The fourth-order valence-corrected chi connectivity index (χ4v) is 2.15. The molecule has 0 radical (unpaired) electrons. The van der Waals surface area contributed by atoms with Crippen LogP contribution in [0, 0.1) is 0 Å². The third-order valence-corrected chi connectivity index (χ3v) is 3.57. The lowest BCUT2D eigenvalue weighted by Gasteiger charge is -2.19. The molecule has 2 aromatic rings. The Morgan fingerprint density at radius 3 is 2.32 bits per heavy atom. The third kappa shape index (κ3) is 4.32. The summed E-state index contributed by atoms with van der Waals surface area (Å²) in [4.78, 5) is 25.3. The van der Waals surface area contributed by atoms with Crippen molar-refractivity contribution in [2.75, 3.05) is 6.54 Å². The maximum atomic E-state index is 11.9. The minimum atomic E-state index is -0.213. The first-order valence-electron chi connectivity index (χ1n) is 7.42. The minimum Gasteiger partial charge on any atom is -0.352 e. The molecule has 0 aliphatic heterocycles. The number of hydrogen-bond acceptors (Lipinski definition) is 2. The molecule has 2 rings (SSSR count). The van der Waals surface area contributed by atoms with Crippen molar-refractivity contribution in [2.24, 2.45) is 0 Å². The summed E-state index contributed by atoms with van der Waals surface area (Å²) < 4.78 is 0. The second kappa shape index (κ2) is 6.60. The summed E-state index contributed by atoms with van der Waals surface area (Å²) in [5.74, 6) is -0.178. The number of pyridine rings is 1. The first kappa shape index (κ1) is 16.0. The van der Waals surface area contributed by atoms with Gasteiger partial charge in [0, 0.05) is 18.8 Å². The smallest absolute Gasteiger partial charge is 0.252 e. The molecule has 0 atom stereocenters. The van der Waals surface area contributed by atoms with Gasteiger partial charge in [0.1, 0.15) is 0 Å². The van der Waals surface area contributed by atoms with Gasteiger partial charge in [-0.1, -0.05) is 45.0 Å². The van der Waals surface area contributed by atoms with Gasteiger partial charge >= 0.3 is 0 Å². The quantitative estimate of drug-likeness (QED) is 0.911. The van der Waals surface area contributed by atoms with E-state index in [0.717, 1.165) is 6.42 Å². The van der Waals surface area contributed by atoms with Crippen LogP contribution in [0.15, 0.2) is 47.4 Å². The minimum absolute atomic E-state index is 0.150. The molecule has 0 saturated carbocycles. The SMILES string of the molecule is CC(C)(C)c1ccc(CCNC(=O)c2ccc(=O)[nH]c2)cc1. The standard InChI is InChI=1S/C18H22N2O2/c1-18(2,3)15-7-4-13(5-8-15)10-11-19-17(22)14-6-9-16(21)20-12-14/h4-9,12H,10-11H2,1-3H3,(H,19,22)(H,20,21). The van der Waals surface area contributed by atoms with E-state index in [0.29, 0.717) is 12.1 Å². The Balaban J connectivity index is 1.87. The first-order valence-corrected chi connectivity index (χ1v) is 7.42. The number of aromatic nitrogens is 1. The molecule has 0 aliphatic carbocycles. The molecular formula is C18H22N2O2. The van der Waals surface area contributed by atoms with Gasteiger partial charge in [-0.05, 0) is 29.0 Å². The summed E-state index contributed by atoms with van der Waals surface area (Å²) in [6, 6.07) is 11.4. The molecule has 0 unspecified atom stereocenters. The van der Waals surface area contributed by atoms with Crippen molar-refractivity contribution >= 4 is 5.91 Å². The van der Waals surface area contributed by atoms with E-state index < -0.39 is 0 Å². The summed E-state index contributed by atoms with van der Waals surface area (Å²) in [7, 11) is 0. The van der Waals surface area contributed by atoms with Crippen LogP contribution < -0.4 is 10.9 Å². The number of hydrogen-bond donors (Lipinski definition) is 2. The number of amides is 1. The van der Waals surface area contributed by atoms with Crippen LogP contribution in [0.25, 0.3) is 0 Å². The van der Waals surface area contributed by atoms with Crippen molar-refractivity contribution < 1.29 is 4.79 Å². The van der Waals surface area contributed by atoms with Crippen molar-refractivity contribution in [3.05, 3.63) is 69.6 Å². The summed E-state index contributed by atoms with van der Waals surface area (Å²) in [6.45, 7) is 7.12. The van der Waals surface area contributed by atoms with Crippen molar-refractivity contribution in [3.8, 4) is 0 Å². The number of aromatic amines is 1. The summed E-state index contributed by atoms with van der Waals surface area (Å²) in [6.07, 6.45) is 2.20. The fourth-order valence-electron chi connectivity index (χ4n) is 2.15. The number of benzene rings is 1. The molecule has 2 N–H and O–H groups in total. The van der Waals surface area contributed by atoms with Crippen LogP contribution in [0.2, 0.25) is 0 Å². The van der Waals surface area contributed by atoms with Gasteiger partial charge in [-0.15, -0.1) is 0 Å². The number of carbonyl (C=O) groups excluding carboxylic acids is 1. The molecule has 4 nitrogen and oxygen atoms in total. The van der Waals surface area contributed by atoms with Crippen LogP contribution in [0.3, 0.4) is 0 Å². The summed E-state index contributed by atoms with van der Waals surface area (Å²) in [5.41, 5.74) is 2.89. The van der Waals surface area contributed by atoms with E-state index in [9.17, 15) is 9.59 Å². The highest BCUT2D eigenvalue weighted by Gasteiger charge is 2.12. The topological polar surface area (TPSA) is 62.0 Å². The molecule has 116 valence electrons. The largest absolute Gasteiger partial charge is 0.352 e. The molecule has 0 saturated heterocycles. The highest BCUT2D eigenvalue weighted by molar-refractivity contribution is 5.93. The van der Waals surface area contributed by atoms with Crippen LogP contribution in [0.1, 0.15) is 42.3 Å². The van der Waals surface area contributed by atoms with Gasteiger partial charge in [0.25, 0.3) is 5.91 Å². The zero-order valence-electron chi connectivity index (χ0n) is 13.3. The van der Waals surface area contributed by atoms with Crippen LogP contribution in [-0.4, -0.2) is 17.4 Å². The molecule has 0 bridgehead atoms. The van der Waals surface area contributed by atoms with Crippen LogP contribution in [-0.2, 0) is 11.8 Å². The van der Waals surface area contributed by atoms with Gasteiger partial charge in [0.2, 0.25) is 5.56 Å². The number of carbonyl (C=O) groups is 1. The molecule has 22 heavy (non-hydrogen) atoms. The van der Waals surface area contributed by atoms with Crippen molar-refractivity contribution in [2.45, 2.75) is 32.6 Å². The average Bonchev–Trinajstić information content (AvgIpc) is 2.47. The lowest BCUT2D eigenvalue weighted by Crippen LogP contribution is -2.26. The van der Waals surface area contributed by atoms with Crippen LogP contribution in [0.4, 0.5) is 0 Å². The molecule has 0 fully saturated rings. The Kier molecular flexibility index (Phi) is 4.81. The van der Waals surface area contributed by atoms with Crippen molar-refractivity contribution in [1.82, 2.24) is 10.3 Å². The molecule has 4 heteroatoms. The van der Waals surface area contributed by atoms with E-state index in [1.165, 1.54) is 29.5 Å². The zero-order chi connectivity index (χ0) is 16.2. The predicted octanol–water partition coefficient (Wildman–Crippen LogP) is 2.64. The zero-order valence-corrected chi connectivity index (χ0v) is 13.3. The molecule has 0 aliphatic rings. The highest BCUT2D eigenvalue weighted by atomic mass is 16.1. The highest BCUT2D eigenvalue weighted by Crippen LogP contribution is 2.22. The van der Waals surface area contributed by atoms with Gasteiger partial charge < -0.3 is 10.3 Å². The second-order valence-corrected chi connectivity index (χ2v) is 6.39. The molecule has 1 aromatic heterocycles. The predicted molar refractivity (Wildman–Crippen MR) is 88.2 cm³/mol. The van der Waals surface area contributed by atoms with Gasteiger partial charge in [-0.25, -0.2) is 0 Å². The Bertz CT molecular complexity index is 674. The van der Waals surface area contributed by atoms with Gasteiger partial charge in [0.05, 0.1) is 5.56 Å². The molecule has 1 amide bonds. The maximum absolute atomic E-state index is 11.9. The second-order valence-electron chi connectivity index (χ2n) is 6.39. The molecule has 0 spiro atoms. The number of H-pyrrole nitrogens is 1. The Morgan fingerprint density at radius 2 is 1.77 bits per heavy atom. The summed E-state index contributed by atoms with van der Waals surface area (Å²) >= 11 is 0.